The van der Waals surface area contributed by atoms with Gasteiger partial charge in [0, 0.05) is 24.5 Å². The van der Waals surface area contributed by atoms with Gasteiger partial charge in [-0.3, -0.25) is 4.79 Å². The van der Waals surface area contributed by atoms with Gasteiger partial charge in [0.1, 0.15) is 0 Å². The van der Waals surface area contributed by atoms with E-state index in [0.717, 1.165) is 42.3 Å². The molecule has 1 saturated heterocycles. The molecule has 0 radical (unpaired) electrons. The van der Waals surface area contributed by atoms with Crippen molar-refractivity contribution in [3.63, 3.8) is 0 Å². The number of hydrogen-bond donors (Lipinski definition) is 0. The van der Waals surface area contributed by atoms with E-state index in [2.05, 4.69) is 12.1 Å². The summed E-state index contributed by atoms with van der Waals surface area (Å²) in [4.78, 5) is 14.9. The first-order valence-corrected chi connectivity index (χ1v) is 8.16. The lowest BCUT2D eigenvalue weighted by atomic mass is 9.94. The highest BCUT2D eigenvalue weighted by molar-refractivity contribution is 6.17. The quantitative estimate of drug-likeness (QED) is 0.773. The van der Waals surface area contributed by atoms with Crippen LogP contribution in [0.1, 0.15) is 29.6 Å². The molecule has 0 aromatic heterocycles. The molecule has 0 aliphatic carbocycles. The normalized spacial score (nSPS) is 18.9. The zero-order chi connectivity index (χ0) is 14.7. The van der Waals surface area contributed by atoms with E-state index in [1.807, 2.05) is 35.2 Å². The first-order chi connectivity index (χ1) is 10.3. The molecule has 2 nitrogen and oxygen atoms in total. The summed E-state index contributed by atoms with van der Waals surface area (Å²) in [6.07, 6.45) is 3.27. The standard InChI is InChI=1S/C18H20ClNO/c19-11-10-14-5-4-12-20(13-14)18(21)17-9-3-7-15-6-1-2-8-16(15)17/h1-3,6-9,14H,4-5,10-13H2. The van der Waals surface area contributed by atoms with Crippen molar-refractivity contribution in [1.82, 2.24) is 4.90 Å². The van der Waals surface area contributed by atoms with Gasteiger partial charge in [0.25, 0.3) is 5.91 Å². The first-order valence-electron chi connectivity index (χ1n) is 7.62. The Morgan fingerprint density at radius 3 is 2.86 bits per heavy atom. The number of carbonyl (C=O) groups is 1. The van der Waals surface area contributed by atoms with Gasteiger partial charge >= 0.3 is 0 Å². The SMILES string of the molecule is O=C(c1cccc2ccccc12)N1CCCC(CCCl)C1. The Kier molecular flexibility index (Phi) is 4.45. The molecule has 21 heavy (non-hydrogen) atoms. The molecule has 110 valence electrons. The van der Waals surface area contributed by atoms with Gasteiger partial charge in [0.2, 0.25) is 0 Å². The minimum absolute atomic E-state index is 0.158. The summed E-state index contributed by atoms with van der Waals surface area (Å²) < 4.78 is 0. The number of alkyl halides is 1. The second-order valence-electron chi connectivity index (χ2n) is 5.76. The highest BCUT2D eigenvalue weighted by Crippen LogP contribution is 2.24. The largest absolute Gasteiger partial charge is 0.338 e. The molecule has 1 fully saturated rings. The van der Waals surface area contributed by atoms with Crippen LogP contribution in [0.25, 0.3) is 10.8 Å². The summed E-state index contributed by atoms with van der Waals surface area (Å²) in [5.74, 6) is 1.39. The monoisotopic (exact) mass is 301 g/mol. The van der Waals surface area contributed by atoms with Crippen LogP contribution in [-0.4, -0.2) is 29.8 Å². The van der Waals surface area contributed by atoms with Crippen LogP contribution in [0.15, 0.2) is 42.5 Å². The lowest BCUT2D eigenvalue weighted by molar-refractivity contribution is 0.0673. The summed E-state index contributed by atoms with van der Waals surface area (Å²) in [5.41, 5.74) is 0.819. The third-order valence-corrected chi connectivity index (χ3v) is 4.56. The molecule has 0 bridgehead atoms. The van der Waals surface area contributed by atoms with Crippen LogP contribution >= 0.6 is 11.6 Å². The molecule has 1 heterocycles. The van der Waals surface area contributed by atoms with Crippen LogP contribution < -0.4 is 0 Å². The van der Waals surface area contributed by atoms with Gasteiger partial charge in [-0.2, -0.15) is 0 Å². The van der Waals surface area contributed by atoms with Gasteiger partial charge in [-0.15, -0.1) is 11.6 Å². The Balaban J connectivity index is 1.86. The number of benzene rings is 2. The van der Waals surface area contributed by atoms with Gasteiger partial charge in [-0.1, -0.05) is 36.4 Å². The zero-order valence-corrected chi connectivity index (χ0v) is 12.9. The lowest BCUT2D eigenvalue weighted by Gasteiger charge is -2.32. The predicted molar refractivity (Wildman–Crippen MR) is 87.9 cm³/mol. The van der Waals surface area contributed by atoms with E-state index in [1.165, 1.54) is 6.42 Å². The number of hydrogen-bond acceptors (Lipinski definition) is 1. The van der Waals surface area contributed by atoms with E-state index in [4.69, 9.17) is 11.6 Å². The molecule has 1 atom stereocenters. The fraction of sp³-hybridized carbons (Fsp3) is 0.389. The Labute approximate surface area is 130 Å². The highest BCUT2D eigenvalue weighted by atomic mass is 35.5. The van der Waals surface area contributed by atoms with Gasteiger partial charge in [0.05, 0.1) is 0 Å². The summed E-state index contributed by atoms with van der Waals surface area (Å²) >= 11 is 5.85. The molecule has 2 aromatic carbocycles. The summed E-state index contributed by atoms with van der Waals surface area (Å²) in [6.45, 7) is 1.70. The maximum atomic E-state index is 12.9. The molecule has 3 rings (SSSR count). The molecule has 0 N–H and O–H groups in total. The fourth-order valence-corrected chi connectivity index (χ4v) is 3.53. The molecular formula is C18H20ClNO. The van der Waals surface area contributed by atoms with Crippen molar-refractivity contribution in [2.24, 2.45) is 5.92 Å². The number of rotatable bonds is 3. The number of carbonyl (C=O) groups excluding carboxylic acids is 1. The minimum atomic E-state index is 0.158. The van der Waals surface area contributed by atoms with Crippen molar-refractivity contribution in [1.29, 1.82) is 0 Å². The van der Waals surface area contributed by atoms with Crippen molar-refractivity contribution in [3.8, 4) is 0 Å². The van der Waals surface area contributed by atoms with Crippen LogP contribution in [-0.2, 0) is 0 Å². The molecule has 2 aromatic rings. The molecule has 1 aliphatic rings. The van der Waals surface area contributed by atoms with Gasteiger partial charge in [-0.25, -0.2) is 0 Å². The molecule has 1 amide bonds. The summed E-state index contributed by atoms with van der Waals surface area (Å²) in [5, 5.41) is 2.17. The van der Waals surface area contributed by atoms with Gasteiger partial charge in [0.15, 0.2) is 0 Å². The number of amides is 1. The van der Waals surface area contributed by atoms with Crippen molar-refractivity contribution >= 4 is 28.3 Å². The molecular weight excluding hydrogens is 282 g/mol. The Bertz CT molecular complexity index is 633. The fourth-order valence-electron chi connectivity index (χ4n) is 3.22. The maximum Gasteiger partial charge on any atom is 0.254 e. The van der Waals surface area contributed by atoms with Gasteiger partial charge < -0.3 is 4.90 Å². The number of likely N-dealkylation sites (tertiary alicyclic amines) is 1. The first kappa shape index (κ1) is 14.4. The average Bonchev–Trinajstić information content (AvgIpc) is 2.54. The molecule has 0 saturated carbocycles. The highest BCUT2D eigenvalue weighted by Gasteiger charge is 2.24. The lowest BCUT2D eigenvalue weighted by Crippen LogP contribution is -2.40. The number of piperidine rings is 1. The number of nitrogens with zero attached hydrogens (tertiary/aromatic N) is 1. The van der Waals surface area contributed by atoms with Crippen molar-refractivity contribution in [2.75, 3.05) is 19.0 Å². The maximum absolute atomic E-state index is 12.9. The second-order valence-corrected chi connectivity index (χ2v) is 6.14. The Hall–Kier alpha value is -1.54. The Morgan fingerprint density at radius 2 is 2.00 bits per heavy atom. The molecule has 0 spiro atoms. The molecule has 1 unspecified atom stereocenters. The van der Waals surface area contributed by atoms with Crippen LogP contribution in [0.3, 0.4) is 0 Å². The van der Waals surface area contributed by atoms with Crippen molar-refractivity contribution in [2.45, 2.75) is 19.3 Å². The smallest absolute Gasteiger partial charge is 0.254 e. The van der Waals surface area contributed by atoms with E-state index >= 15 is 0 Å². The molecule has 1 aliphatic heterocycles. The van der Waals surface area contributed by atoms with Crippen molar-refractivity contribution in [3.05, 3.63) is 48.0 Å². The third-order valence-electron chi connectivity index (χ3n) is 4.34. The second kappa shape index (κ2) is 6.48. The minimum Gasteiger partial charge on any atom is -0.338 e. The van der Waals surface area contributed by atoms with E-state index in [1.54, 1.807) is 0 Å². The van der Waals surface area contributed by atoms with E-state index in [0.29, 0.717) is 11.8 Å². The van der Waals surface area contributed by atoms with Crippen LogP contribution in [0, 0.1) is 5.92 Å². The van der Waals surface area contributed by atoms with Gasteiger partial charge in [-0.05, 0) is 42.0 Å². The number of fused-ring (bicyclic) bond motifs is 1. The van der Waals surface area contributed by atoms with Crippen molar-refractivity contribution < 1.29 is 4.79 Å². The van der Waals surface area contributed by atoms with E-state index in [-0.39, 0.29) is 5.91 Å². The van der Waals surface area contributed by atoms with E-state index < -0.39 is 0 Å². The van der Waals surface area contributed by atoms with Crippen LogP contribution in [0.2, 0.25) is 0 Å². The number of halogens is 1. The third kappa shape index (κ3) is 3.06. The summed E-state index contributed by atoms with van der Waals surface area (Å²) in [6, 6.07) is 14.0. The van der Waals surface area contributed by atoms with Crippen LogP contribution in [0.4, 0.5) is 0 Å². The summed E-state index contributed by atoms with van der Waals surface area (Å²) in [7, 11) is 0. The predicted octanol–water partition coefficient (Wildman–Crippen LogP) is 4.32. The van der Waals surface area contributed by atoms with Crippen LogP contribution in [0.5, 0.6) is 0 Å². The zero-order valence-electron chi connectivity index (χ0n) is 12.1. The molecule has 3 heteroatoms. The average molecular weight is 302 g/mol. The van der Waals surface area contributed by atoms with E-state index in [9.17, 15) is 4.79 Å². The topological polar surface area (TPSA) is 20.3 Å². The Morgan fingerprint density at radius 1 is 1.19 bits per heavy atom.